The minimum Gasteiger partial charge on any atom is -0.325 e. The molecule has 0 bridgehead atoms. The lowest BCUT2D eigenvalue weighted by molar-refractivity contribution is -0.131. The Balaban J connectivity index is 1.66. The summed E-state index contributed by atoms with van der Waals surface area (Å²) in [5, 5.41) is 5.70. The summed E-state index contributed by atoms with van der Waals surface area (Å²) >= 11 is 3.36. The lowest BCUT2D eigenvalue weighted by Crippen LogP contribution is -2.35. The Bertz CT molecular complexity index is 750. The molecule has 3 rings (SSSR count). The number of carbonyl (C=O) groups excluding carboxylic acids is 2. The van der Waals surface area contributed by atoms with Crippen LogP contribution in [0.4, 0.5) is 11.4 Å². The second-order valence-corrected chi connectivity index (χ2v) is 6.96. The average molecular weight is 387 g/mol. The van der Waals surface area contributed by atoms with Gasteiger partial charge in [0.1, 0.15) is 5.41 Å². The van der Waals surface area contributed by atoms with Crippen molar-refractivity contribution in [2.75, 3.05) is 10.6 Å². The Kier molecular flexibility index (Phi) is 4.71. The first-order valence-corrected chi connectivity index (χ1v) is 8.80. The van der Waals surface area contributed by atoms with E-state index in [1.165, 1.54) is 5.56 Å². The van der Waals surface area contributed by atoms with Gasteiger partial charge in [-0.2, -0.15) is 0 Å². The fourth-order valence-electron chi connectivity index (χ4n) is 2.54. The van der Waals surface area contributed by atoms with E-state index in [-0.39, 0.29) is 11.8 Å². The summed E-state index contributed by atoms with van der Waals surface area (Å²) < 4.78 is 0.940. The van der Waals surface area contributed by atoms with Crippen LogP contribution in [0.15, 0.2) is 53.0 Å². The van der Waals surface area contributed by atoms with Gasteiger partial charge in [-0.25, -0.2) is 0 Å². The van der Waals surface area contributed by atoms with Crippen LogP contribution < -0.4 is 10.6 Å². The summed E-state index contributed by atoms with van der Waals surface area (Å²) in [6, 6.07) is 15.0. The van der Waals surface area contributed by atoms with Crippen LogP contribution in [0.25, 0.3) is 0 Å². The van der Waals surface area contributed by atoms with E-state index in [4.69, 9.17) is 0 Å². The predicted molar refractivity (Wildman–Crippen MR) is 98.9 cm³/mol. The normalized spacial score (nSPS) is 14.8. The van der Waals surface area contributed by atoms with Gasteiger partial charge in [0.2, 0.25) is 11.8 Å². The van der Waals surface area contributed by atoms with Gasteiger partial charge in [0.05, 0.1) is 0 Å². The SMILES string of the molecule is CCc1ccc(NC(=O)C2(C(=O)Nc3ccc(Br)cc3)CC2)cc1. The van der Waals surface area contributed by atoms with Gasteiger partial charge in [0.15, 0.2) is 0 Å². The highest BCUT2D eigenvalue weighted by molar-refractivity contribution is 9.10. The van der Waals surface area contributed by atoms with E-state index >= 15 is 0 Å². The number of halogens is 1. The first kappa shape index (κ1) is 16.7. The number of amides is 2. The highest BCUT2D eigenvalue weighted by Gasteiger charge is 2.56. The lowest BCUT2D eigenvalue weighted by atomic mass is 10.0. The number of rotatable bonds is 5. The average Bonchev–Trinajstić information content (AvgIpc) is 3.39. The van der Waals surface area contributed by atoms with Crippen LogP contribution in [0.5, 0.6) is 0 Å². The Hall–Kier alpha value is -2.14. The van der Waals surface area contributed by atoms with Crippen LogP contribution in [0, 0.1) is 5.41 Å². The van der Waals surface area contributed by atoms with E-state index in [1.54, 1.807) is 12.1 Å². The third-order valence-electron chi connectivity index (χ3n) is 4.34. The maximum Gasteiger partial charge on any atom is 0.240 e. The highest BCUT2D eigenvalue weighted by Crippen LogP contribution is 2.47. The summed E-state index contributed by atoms with van der Waals surface area (Å²) in [7, 11) is 0. The first-order valence-electron chi connectivity index (χ1n) is 8.01. The quantitative estimate of drug-likeness (QED) is 0.749. The van der Waals surface area contributed by atoms with Gasteiger partial charge in [-0.3, -0.25) is 9.59 Å². The molecular weight excluding hydrogens is 368 g/mol. The molecule has 4 nitrogen and oxygen atoms in total. The number of anilines is 2. The smallest absolute Gasteiger partial charge is 0.240 e. The zero-order valence-corrected chi connectivity index (χ0v) is 15.0. The Morgan fingerprint density at radius 1 is 0.917 bits per heavy atom. The van der Waals surface area contributed by atoms with Crippen molar-refractivity contribution >= 4 is 39.1 Å². The van der Waals surface area contributed by atoms with E-state index < -0.39 is 5.41 Å². The Morgan fingerprint density at radius 2 is 1.38 bits per heavy atom. The number of nitrogens with one attached hydrogen (secondary N) is 2. The monoisotopic (exact) mass is 386 g/mol. The van der Waals surface area contributed by atoms with Gasteiger partial charge < -0.3 is 10.6 Å². The van der Waals surface area contributed by atoms with Gasteiger partial charge >= 0.3 is 0 Å². The van der Waals surface area contributed by atoms with E-state index in [0.29, 0.717) is 18.5 Å². The zero-order chi connectivity index (χ0) is 17.2. The van der Waals surface area contributed by atoms with Crippen molar-refractivity contribution in [2.24, 2.45) is 5.41 Å². The molecule has 0 spiro atoms. The number of carbonyl (C=O) groups is 2. The predicted octanol–water partition coefficient (Wildman–Crippen LogP) is 4.37. The molecule has 0 radical (unpaired) electrons. The van der Waals surface area contributed by atoms with Crippen LogP contribution in [0.3, 0.4) is 0 Å². The number of aryl methyl sites for hydroxylation is 1. The van der Waals surface area contributed by atoms with Crippen molar-refractivity contribution in [3.8, 4) is 0 Å². The third kappa shape index (κ3) is 3.51. The second kappa shape index (κ2) is 6.77. The second-order valence-electron chi connectivity index (χ2n) is 6.05. The van der Waals surface area contributed by atoms with E-state index in [1.807, 2.05) is 36.4 Å². The lowest BCUT2D eigenvalue weighted by Gasteiger charge is -2.15. The third-order valence-corrected chi connectivity index (χ3v) is 4.87. The van der Waals surface area contributed by atoms with Gasteiger partial charge in [0.25, 0.3) is 0 Å². The molecular formula is C19H19BrN2O2. The van der Waals surface area contributed by atoms with Crippen molar-refractivity contribution in [2.45, 2.75) is 26.2 Å². The summed E-state index contributed by atoms with van der Waals surface area (Å²) in [6.45, 7) is 2.08. The van der Waals surface area contributed by atoms with Gasteiger partial charge in [-0.05, 0) is 61.2 Å². The summed E-state index contributed by atoms with van der Waals surface area (Å²) in [5.74, 6) is -0.478. The standard InChI is InChI=1S/C19H19BrN2O2/c1-2-13-3-7-15(8-4-13)21-17(23)19(11-12-19)18(24)22-16-9-5-14(20)6-10-16/h3-10H,2,11-12H2,1H3,(H,21,23)(H,22,24). The number of hydrogen-bond acceptors (Lipinski definition) is 2. The maximum atomic E-state index is 12.6. The maximum absolute atomic E-state index is 12.6. The molecule has 1 saturated carbocycles. The van der Waals surface area contributed by atoms with Crippen molar-refractivity contribution in [1.82, 2.24) is 0 Å². The van der Waals surface area contributed by atoms with Gasteiger partial charge in [-0.15, -0.1) is 0 Å². The van der Waals surface area contributed by atoms with Crippen LogP contribution in [-0.4, -0.2) is 11.8 Å². The molecule has 0 aliphatic heterocycles. The molecule has 24 heavy (non-hydrogen) atoms. The molecule has 1 aliphatic rings. The molecule has 124 valence electrons. The summed E-state index contributed by atoms with van der Waals surface area (Å²) in [6.07, 6.45) is 2.11. The fraction of sp³-hybridized carbons (Fsp3) is 0.263. The molecule has 0 aromatic heterocycles. The van der Waals surface area contributed by atoms with Crippen LogP contribution in [-0.2, 0) is 16.0 Å². The molecule has 5 heteroatoms. The molecule has 0 saturated heterocycles. The van der Waals surface area contributed by atoms with E-state index in [9.17, 15) is 9.59 Å². The molecule has 0 heterocycles. The van der Waals surface area contributed by atoms with Crippen molar-refractivity contribution in [3.63, 3.8) is 0 Å². The van der Waals surface area contributed by atoms with Crippen molar-refractivity contribution in [3.05, 3.63) is 58.6 Å². The molecule has 1 aliphatic carbocycles. The Morgan fingerprint density at radius 3 is 1.79 bits per heavy atom. The molecule has 2 aromatic rings. The molecule has 2 N–H and O–H groups in total. The topological polar surface area (TPSA) is 58.2 Å². The molecule has 2 aromatic carbocycles. The Labute approximate surface area is 149 Å². The number of hydrogen-bond donors (Lipinski definition) is 2. The molecule has 0 unspecified atom stereocenters. The van der Waals surface area contributed by atoms with Crippen molar-refractivity contribution in [1.29, 1.82) is 0 Å². The summed E-state index contributed by atoms with van der Waals surface area (Å²) in [5.41, 5.74) is 1.67. The zero-order valence-electron chi connectivity index (χ0n) is 13.4. The molecule has 2 amide bonds. The van der Waals surface area contributed by atoms with Gasteiger partial charge in [-0.1, -0.05) is 35.0 Å². The van der Waals surface area contributed by atoms with E-state index in [0.717, 1.165) is 16.6 Å². The number of benzene rings is 2. The fourth-order valence-corrected chi connectivity index (χ4v) is 2.81. The highest BCUT2D eigenvalue weighted by atomic mass is 79.9. The largest absolute Gasteiger partial charge is 0.325 e. The van der Waals surface area contributed by atoms with Gasteiger partial charge in [0, 0.05) is 15.8 Å². The van der Waals surface area contributed by atoms with Crippen LogP contribution in [0.2, 0.25) is 0 Å². The first-order chi connectivity index (χ1) is 11.5. The van der Waals surface area contributed by atoms with E-state index in [2.05, 4.69) is 33.5 Å². The minimum absolute atomic E-state index is 0.235. The van der Waals surface area contributed by atoms with Crippen LogP contribution >= 0.6 is 15.9 Å². The molecule has 0 atom stereocenters. The van der Waals surface area contributed by atoms with Crippen molar-refractivity contribution < 1.29 is 9.59 Å². The summed E-state index contributed by atoms with van der Waals surface area (Å²) in [4.78, 5) is 25.1. The van der Waals surface area contributed by atoms with Crippen LogP contribution in [0.1, 0.15) is 25.3 Å². The minimum atomic E-state index is -0.948. The molecule has 1 fully saturated rings.